The van der Waals surface area contributed by atoms with Gasteiger partial charge < -0.3 is 4.74 Å². The Kier molecular flexibility index (Phi) is 3.72. The van der Waals surface area contributed by atoms with Crippen molar-refractivity contribution in [2.75, 3.05) is 7.11 Å². The molecule has 5 atom stereocenters. The summed E-state index contributed by atoms with van der Waals surface area (Å²) in [5.74, 6) is 10.3. The Bertz CT molecular complexity index is 708. The minimum Gasteiger partial charge on any atom is -0.497 e. The molecule has 3 aliphatic rings. The highest BCUT2D eigenvalue weighted by molar-refractivity contribution is 5.41. The van der Waals surface area contributed by atoms with Crippen molar-refractivity contribution in [3.63, 3.8) is 0 Å². The first-order chi connectivity index (χ1) is 11.5. The monoisotopic (exact) mass is 322 g/mol. The fourth-order valence-electron chi connectivity index (χ4n) is 6.43. The second-order valence-corrected chi connectivity index (χ2v) is 8.68. The van der Waals surface area contributed by atoms with E-state index in [0.29, 0.717) is 5.41 Å². The number of benzene rings is 1. The average Bonchev–Trinajstić information content (AvgIpc) is 2.86. The summed E-state index contributed by atoms with van der Waals surface area (Å²) in [6.45, 7) is 7.00. The maximum absolute atomic E-state index is 5.44. The van der Waals surface area contributed by atoms with Gasteiger partial charge in [0.2, 0.25) is 0 Å². The zero-order valence-electron chi connectivity index (χ0n) is 15.6. The molecule has 1 nitrogen and oxygen atoms in total. The highest BCUT2D eigenvalue weighted by Crippen LogP contribution is 2.67. The van der Waals surface area contributed by atoms with Crippen molar-refractivity contribution in [1.82, 2.24) is 0 Å². The van der Waals surface area contributed by atoms with Crippen LogP contribution in [0.15, 0.2) is 18.2 Å². The Morgan fingerprint density at radius 2 is 1.96 bits per heavy atom. The number of hydrogen-bond donors (Lipinski definition) is 0. The Labute approximate surface area is 147 Å². The third-order valence-corrected chi connectivity index (χ3v) is 7.94. The van der Waals surface area contributed by atoms with E-state index in [9.17, 15) is 0 Å². The lowest BCUT2D eigenvalue weighted by Crippen LogP contribution is -2.45. The van der Waals surface area contributed by atoms with Gasteiger partial charge in [0.1, 0.15) is 5.75 Å². The highest BCUT2D eigenvalue weighted by Gasteiger charge is 2.59. The Hall–Kier alpha value is -1.42. The topological polar surface area (TPSA) is 9.23 Å². The van der Waals surface area contributed by atoms with Gasteiger partial charge in [0, 0.05) is 5.41 Å². The molecule has 0 amide bonds. The van der Waals surface area contributed by atoms with E-state index in [4.69, 9.17) is 4.74 Å². The van der Waals surface area contributed by atoms with E-state index >= 15 is 0 Å². The van der Waals surface area contributed by atoms with Crippen LogP contribution in [0, 0.1) is 34.5 Å². The predicted molar refractivity (Wildman–Crippen MR) is 99.2 cm³/mol. The van der Waals surface area contributed by atoms with Crippen LogP contribution in [0.5, 0.6) is 5.75 Å². The zero-order chi connectivity index (χ0) is 16.9. The zero-order valence-corrected chi connectivity index (χ0v) is 15.6. The molecule has 1 aromatic rings. The summed E-state index contributed by atoms with van der Waals surface area (Å²) >= 11 is 0. The first kappa shape index (κ1) is 16.1. The second-order valence-electron chi connectivity index (χ2n) is 8.68. The molecule has 0 spiro atoms. The molecule has 0 unspecified atom stereocenters. The molecule has 0 aromatic heterocycles. The molecule has 0 heterocycles. The van der Waals surface area contributed by atoms with Gasteiger partial charge in [0.05, 0.1) is 7.11 Å². The van der Waals surface area contributed by atoms with Crippen molar-refractivity contribution in [2.24, 2.45) is 22.7 Å². The van der Waals surface area contributed by atoms with E-state index in [2.05, 4.69) is 43.9 Å². The van der Waals surface area contributed by atoms with Crippen LogP contribution in [0.1, 0.15) is 69.9 Å². The lowest BCUT2D eigenvalue weighted by Gasteiger charge is -2.53. The molecule has 0 N–H and O–H groups in total. The maximum atomic E-state index is 5.44. The molecule has 1 aromatic carbocycles. The van der Waals surface area contributed by atoms with Crippen LogP contribution in [0.4, 0.5) is 0 Å². The summed E-state index contributed by atoms with van der Waals surface area (Å²) < 4.78 is 5.44. The van der Waals surface area contributed by atoms with Gasteiger partial charge in [-0.1, -0.05) is 18.9 Å². The van der Waals surface area contributed by atoms with Crippen molar-refractivity contribution < 1.29 is 4.74 Å². The third-order valence-electron chi connectivity index (χ3n) is 7.94. The number of fused-ring (bicyclic) bond motifs is 5. The minimum absolute atomic E-state index is 0.220. The number of methoxy groups -OCH3 is 1. The predicted octanol–water partition coefficient (Wildman–Crippen LogP) is 5.58. The number of aryl methyl sites for hydroxylation is 1. The van der Waals surface area contributed by atoms with Crippen molar-refractivity contribution in [2.45, 2.75) is 65.2 Å². The largest absolute Gasteiger partial charge is 0.497 e. The van der Waals surface area contributed by atoms with E-state index in [0.717, 1.165) is 23.5 Å². The van der Waals surface area contributed by atoms with E-state index < -0.39 is 0 Å². The third kappa shape index (κ3) is 2.08. The van der Waals surface area contributed by atoms with Gasteiger partial charge in [-0.2, -0.15) is 0 Å². The Morgan fingerprint density at radius 1 is 1.12 bits per heavy atom. The van der Waals surface area contributed by atoms with Gasteiger partial charge in [-0.05, 0) is 98.8 Å². The van der Waals surface area contributed by atoms with Gasteiger partial charge in [0.25, 0.3) is 0 Å². The summed E-state index contributed by atoms with van der Waals surface area (Å²) in [6.07, 6.45) is 7.88. The van der Waals surface area contributed by atoms with Crippen LogP contribution in [0.25, 0.3) is 0 Å². The van der Waals surface area contributed by atoms with Crippen molar-refractivity contribution >= 4 is 0 Å². The summed E-state index contributed by atoms with van der Waals surface area (Å²) in [4.78, 5) is 0. The normalized spacial score (nSPS) is 39.9. The molecule has 0 saturated heterocycles. The molecule has 2 fully saturated rings. The van der Waals surface area contributed by atoms with Gasteiger partial charge in [-0.15, -0.1) is 5.92 Å². The molecule has 3 aliphatic carbocycles. The lowest BCUT2D eigenvalue weighted by atomic mass is 9.51. The van der Waals surface area contributed by atoms with Crippen molar-refractivity contribution in [1.29, 1.82) is 0 Å². The first-order valence-corrected chi connectivity index (χ1v) is 9.63. The SMILES string of the molecule is CC#C[C@@]1(C)CC[C@H]2[C@@H]3CCc4cc(OC)ccc4[C@H]3CC[C@@]21C. The molecule has 4 rings (SSSR count). The van der Waals surface area contributed by atoms with Crippen LogP contribution in [0.2, 0.25) is 0 Å². The molecule has 2 saturated carbocycles. The summed E-state index contributed by atoms with van der Waals surface area (Å²) in [5.41, 5.74) is 3.77. The average molecular weight is 322 g/mol. The standard InChI is InChI=1S/C23H30O/c1-5-12-22(2)13-11-21-20-8-6-16-15-17(24-4)7-9-18(16)19(20)10-14-23(21,22)3/h7,9,15,19-21H,6,8,10-11,13-14H2,1-4H3/t19-,20-,21+,22+,23+/m1/s1. The van der Waals surface area contributed by atoms with Crippen molar-refractivity contribution in [3.8, 4) is 17.6 Å². The molecule has 0 aliphatic heterocycles. The number of hydrogen-bond acceptors (Lipinski definition) is 1. The smallest absolute Gasteiger partial charge is 0.119 e. The summed E-state index contributed by atoms with van der Waals surface area (Å²) in [6, 6.07) is 6.80. The van der Waals surface area contributed by atoms with Gasteiger partial charge >= 0.3 is 0 Å². The van der Waals surface area contributed by atoms with E-state index in [1.165, 1.54) is 44.1 Å². The summed E-state index contributed by atoms with van der Waals surface area (Å²) in [7, 11) is 1.77. The number of ether oxygens (including phenoxy) is 1. The fourth-order valence-corrected chi connectivity index (χ4v) is 6.43. The quantitative estimate of drug-likeness (QED) is 0.613. The molecular formula is C23H30O. The molecular weight excluding hydrogens is 292 g/mol. The number of rotatable bonds is 1. The van der Waals surface area contributed by atoms with Crippen LogP contribution in [-0.4, -0.2) is 7.11 Å². The van der Waals surface area contributed by atoms with Crippen LogP contribution in [0.3, 0.4) is 0 Å². The minimum atomic E-state index is 0.220. The molecule has 24 heavy (non-hydrogen) atoms. The fraction of sp³-hybridized carbons (Fsp3) is 0.652. The maximum Gasteiger partial charge on any atom is 0.119 e. The Morgan fingerprint density at radius 3 is 2.71 bits per heavy atom. The highest BCUT2D eigenvalue weighted by atomic mass is 16.5. The van der Waals surface area contributed by atoms with Gasteiger partial charge in [-0.3, -0.25) is 0 Å². The van der Waals surface area contributed by atoms with Gasteiger partial charge in [0.15, 0.2) is 0 Å². The van der Waals surface area contributed by atoms with Crippen LogP contribution < -0.4 is 4.74 Å². The molecule has 128 valence electrons. The second kappa shape index (κ2) is 5.55. The Balaban J connectivity index is 1.69. The molecule has 1 heteroatoms. The molecule has 0 radical (unpaired) electrons. The van der Waals surface area contributed by atoms with Crippen molar-refractivity contribution in [3.05, 3.63) is 29.3 Å². The lowest BCUT2D eigenvalue weighted by molar-refractivity contribution is 0.00882. The first-order valence-electron chi connectivity index (χ1n) is 9.63. The summed E-state index contributed by atoms with van der Waals surface area (Å²) in [5, 5.41) is 0. The van der Waals surface area contributed by atoms with Gasteiger partial charge in [-0.25, -0.2) is 0 Å². The van der Waals surface area contributed by atoms with Crippen LogP contribution in [-0.2, 0) is 6.42 Å². The van der Waals surface area contributed by atoms with Crippen LogP contribution >= 0.6 is 0 Å². The molecule has 0 bridgehead atoms. The van der Waals surface area contributed by atoms with E-state index in [1.807, 2.05) is 6.92 Å². The van der Waals surface area contributed by atoms with E-state index in [-0.39, 0.29) is 5.41 Å². The van der Waals surface area contributed by atoms with E-state index in [1.54, 1.807) is 12.7 Å².